The van der Waals surface area contributed by atoms with Gasteiger partial charge in [-0.05, 0) is 65.1 Å². The Kier molecular flexibility index (Phi) is 6.32. The molecule has 0 aromatic heterocycles. The number of hydrogen-bond donors (Lipinski definition) is 0. The van der Waals surface area contributed by atoms with Gasteiger partial charge in [0, 0.05) is 19.5 Å². The van der Waals surface area contributed by atoms with Gasteiger partial charge in [-0.25, -0.2) is 5.01 Å². The number of carbonyl (C=O) groups excluding carboxylic acids is 1. The monoisotopic (exact) mass is 455 g/mol. The Morgan fingerprint density at radius 2 is 1.56 bits per heavy atom. The van der Waals surface area contributed by atoms with Crippen molar-refractivity contribution in [2.45, 2.75) is 25.4 Å². The largest absolute Gasteiger partial charge is 0.497 e. The van der Waals surface area contributed by atoms with Gasteiger partial charge in [0.2, 0.25) is 0 Å². The normalized spacial score (nSPS) is 17.8. The van der Waals surface area contributed by atoms with Crippen molar-refractivity contribution in [3.05, 3.63) is 95.1 Å². The van der Waals surface area contributed by atoms with Crippen LogP contribution in [0.4, 0.5) is 0 Å². The van der Waals surface area contributed by atoms with Crippen molar-refractivity contribution in [2.75, 3.05) is 27.3 Å². The summed E-state index contributed by atoms with van der Waals surface area (Å²) in [6.07, 6.45) is 1.62. The highest BCUT2D eigenvalue weighted by Crippen LogP contribution is 2.34. The van der Waals surface area contributed by atoms with Gasteiger partial charge in [0.15, 0.2) is 0 Å². The van der Waals surface area contributed by atoms with Gasteiger partial charge in [-0.2, -0.15) is 5.10 Å². The van der Waals surface area contributed by atoms with Crippen molar-refractivity contribution in [1.29, 1.82) is 0 Å². The number of amides is 1. The maximum atomic E-state index is 13.5. The van der Waals surface area contributed by atoms with Crippen molar-refractivity contribution < 1.29 is 14.3 Å². The summed E-state index contributed by atoms with van der Waals surface area (Å²) in [7, 11) is 3.31. The number of methoxy groups -OCH3 is 2. The van der Waals surface area contributed by atoms with Gasteiger partial charge < -0.3 is 9.47 Å². The number of hydrazone groups is 1. The van der Waals surface area contributed by atoms with Crippen molar-refractivity contribution in [2.24, 2.45) is 5.10 Å². The third kappa shape index (κ3) is 4.54. The molecule has 1 amide bonds. The van der Waals surface area contributed by atoms with E-state index in [2.05, 4.69) is 29.2 Å². The van der Waals surface area contributed by atoms with Crippen molar-refractivity contribution >= 4 is 11.6 Å². The topological polar surface area (TPSA) is 54.4 Å². The molecular formula is C28H29N3O3. The number of nitrogens with zero attached hydrogens (tertiary/aromatic N) is 3. The van der Waals surface area contributed by atoms with Crippen LogP contribution in [-0.2, 0) is 17.8 Å². The second kappa shape index (κ2) is 9.69. The molecule has 0 bridgehead atoms. The van der Waals surface area contributed by atoms with Crippen LogP contribution in [0, 0.1) is 0 Å². The Bertz CT molecular complexity index is 1190. The molecule has 0 saturated heterocycles. The van der Waals surface area contributed by atoms with E-state index >= 15 is 0 Å². The number of hydrogen-bond acceptors (Lipinski definition) is 5. The molecule has 3 aromatic carbocycles. The molecule has 6 heteroatoms. The van der Waals surface area contributed by atoms with Crippen LogP contribution in [0.3, 0.4) is 0 Å². The molecule has 6 nitrogen and oxygen atoms in total. The SMILES string of the molecule is COc1ccc(C2=NN(C(=O)CN3CCc4ccccc4C3)[C@H](c3ccc(OC)cc3)C2)cc1. The van der Waals surface area contributed by atoms with Crippen LogP contribution in [0.25, 0.3) is 0 Å². The second-order valence-electron chi connectivity index (χ2n) is 8.74. The summed E-state index contributed by atoms with van der Waals surface area (Å²) >= 11 is 0. The maximum absolute atomic E-state index is 13.5. The predicted molar refractivity (Wildman–Crippen MR) is 132 cm³/mol. The number of benzene rings is 3. The predicted octanol–water partition coefficient (Wildman–Crippen LogP) is 4.44. The molecule has 0 N–H and O–H groups in total. The molecule has 2 aliphatic heterocycles. The van der Waals surface area contributed by atoms with Gasteiger partial charge in [0.05, 0.1) is 32.5 Å². The zero-order valence-corrected chi connectivity index (χ0v) is 19.6. The lowest BCUT2D eigenvalue weighted by atomic mass is 9.98. The highest BCUT2D eigenvalue weighted by molar-refractivity contribution is 6.03. The molecule has 5 rings (SSSR count). The Morgan fingerprint density at radius 1 is 0.912 bits per heavy atom. The molecule has 34 heavy (non-hydrogen) atoms. The van der Waals surface area contributed by atoms with Gasteiger partial charge in [0.1, 0.15) is 11.5 Å². The summed E-state index contributed by atoms with van der Waals surface area (Å²) in [6, 6.07) is 24.1. The zero-order valence-electron chi connectivity index (χ0n) is 19.6. The highest BCUT2D eigenvalue weighted by Gasteiger charge is 2.34. The van der Waals surface area contributed by atoms with E-state index in [4.69, 9.17) is 14.6 Å². The number of rotatable bonds is 6. The molecule has 174 valence electrons. The molecule has 0 saturated carbocycles. The Labute approximate surface area is 200 Å². The molecule has 0 spiro atoms. The summed E-state index contributed by atoms with van der Waals surface area (Å²) in [4.78, 5) is 15.8. The van der Waals surface area contributed by atoms with Crippen molar-refractivity contribution in [3.8, 4) is 11.5 Å². The fraction of sp³-hybridized carbons (Fsp3) is 0.286. The number of carbonyl (C=O) groups is 1. The van der Waals surface area contributed by atoms with E-state index < -0.39 is 0 Å². The lowest BCUT2D eigenvalue weighted by Gasteiger charge is -2.30. The minimum atomic E-state index is -0.146. The molecule has 0 fully saturated rings. The number of fused-ring (bicyclic) bond motifs is 1. The maximum Gasteiger partial charge on any atom is 0.257 e. The van der Waals surface area contributed by atoms with E-state index in [0.717, 1.165) is 47.8 Å². The summed E-state index contributed by atoms with van der Waals surface area (Å²) in [5.41, 5.74) is 5.63. The molecular weight excluding hydrogens is 426 g/mol. The van der Waals surface area contributed by atoms with Crippen LogP contribution in [-0.4, -0.2) is 48.8 Å². The van der Waals surface area contributed by atoms with E-state index in [-0.39, 0.29) is 11.9 Å². The molecule has 2 aliphatic rings. The van der Waals surface area contributed by atoms with Crippen LogP contribution in [0.2, 0.25) is 0 Å². The van der Waals surface area contributed by atoms with E-state index in [1.54, 1.807) is 19.2 Å². The summed E-state index contributed by atoms with van der Waals surface area (Å²) in [5, 5.41) is 6.51. The Morgan fingerprint density at radius 3 is 2.24 bits per heavy atom. The van der Waals surface area contributed by atoms with Crippen molar-refractivity contribution in [3.63, 3.8) is 0 Å². The molecule has 0 unspecified atom stereocenters. The van der Waals surface area contributed by atoms with Crippen LogP contribution >= 0.6 is 0 Å². The molecule has 1 atom stereocenters. The fourth-order valence-electron chi connectivity index (χ4n) is 4.74. The van der Waals surface area contributed by atoms with Gasteiger partial charge in [0.25, 0.3) is 5.91 Å². The van der Waals surface area contributed by atoms with Crippen molar-refractivity contribution in [1.82, 2.24) is 9.91 Å². The van der Waals surface area contributed by atoms with Crippen LogP contribution in [0.1, 0.15) is 34.7 Å². The molecule has 2 heterocycles. The van der Waals surface area contributed by atoms with E-state index in [1.807, 2.05) is 48.5 Å². The lowest BCUT2D eigenvalue weighted by molar-refractivity contribution is -0.134. The first kappa shape index (κ1) is 22.2. The molecule has 0 radical (unpaired) electrons. The van der Waals surface area contributed by atoms with Crippen LogP contribution in [0.5, 0.6) is 11.5 Å². The molecule has 0 aliphatic carbocycles. The first-order valence-electron chi connectivity index (χ1n) is 11.6. The highest BCUT2D eigenvalue weighted by atomic mass is 16.5. The quantitative estimate of drug-likeness (QED) is 0.552. The van der Waals surface area contributed by atoms with Crippen LogP contribution in [0.15, 0.2) is 77.9 Å². The minimum Gasteiger partial charge on any atom is -0.497 e. The summed E-state index contributed by atoms with van der Waals surface area (Å²) in [5.74, 6) is 1.61. The van der Waals surface area contributed by atoms with Gasteiger partial charge in [-0.1, -0.05) is 36.4 Å². The Balaban J connectivity index is 1.39. The fourth-order valence-corrected chi connectivity index (χ4v) is 4.74. The molecule has 3 aromatic rings. The first-order valence-corrected chi connectivity index (χ1v) is 11.6. The third-order valence-electron chi connectivity index (χ3n) is 6.66. The van der Waals surface area contributed by atoms with E-state index in [9.17, 15) is 4.79 Å². The third-order valence-corrected chi connectivity index (χ3v) is 6.66. The van der Waals surface area contributed by atoms with E-state index in [0.29, 0.717) is 13.0 Å². The van der Waals surface area contributed by atoms with Gasteiger partial charge in [-0.3, -0.25) is 9.69 Å². The lowest BCUT2D eigenvalue weighted by Crippen LogP contribution is -2.40. The van der Waals surface area contributed by atoms with Gasteiger partial charge >= 0.3 is 0 Å². The van der Waals surface area contributed by atoms with Gasteiger partial charge in [-0.15, -0.1) is 0 Å². The second-order valence-corrected chi connectivity index (χ2v) is 8.74. The standard InChI is InChI=1S/C28H29N3O3/c1-33-24-11-7-21(8-12-24)26-17-27(22-9-13-25(34-2)14-10-22)31(29-26)28(32)19-30-16-15-20-5-3-4-6-23(20)18-30/h3-14,27H,15-19H2,1-2H3/t27-/m0/s1. The summed E-state index contributed by atoms with van der Waals surface area (Å²) < 4.78 is 10.6. The average Bonchev–Trinajstić information content (AvgIpc) is 3.34. The van der Waals surface area contributed by atoms with Crippen LogP contribution < -0.4 is 9.47 Å². The number of ether oxygens (including phenoxy) is 2. The average molecular weight is 456 g/mol. The summed E-state index contributed by atoms with van der Waals surface area (Å²) in [6.45, 7) is 2.01. The first-order chi connectivity index (χ1) is 16.6. The smallest absolute Gasteiger partial charge is 0.257 e. The minimum absolute atomic E-state index is 0.0173. The van der Waals surface area contributed by atoms with E-state index in [1.165, 1.54) is 11.1 Å². The zero-order chi connectivity index (χ0) is 23.5. The Hall–Kier alpha value is -3.64.